The van der Waals surface area contributed by atoms with Crippen LogP contribution in [-0.4, -0.2) is 25.0 Å². The van der Waals surface area contributed by atoms with Gasteiger partial charge in [0.05, 0.1) is 0 Å². The second kappa shape index (κ2) is 4.91. The average Bonchev–Trinajstić information content (AvgIpc) is 1.88. The predicted octanol–water partition coefficient (Wildman–Crippen LogP) is 0.935. The number of amides is 1. The van der Waals surface area contributed by atoms with E-state index in [1.807, 2.05) is 19.9 Å². The van der Waals surface area contributed by atoms with Crippen molar-refractivity contribution < 1.29 is 4.79 Å². The van der Waals surface area contributed by atoms with Crippen LogP contribution in [0.5, 0.6) is 0 Å². The number of carbonyl (C=O) groups is 1. The van der Waals surface area contributed by atoms with Crippen LogP contribution >= 0.6 is 0 Å². The summed E-state index contributed by atoms with van der Waals surface area (Å²) < 4.78 is 0. The van der Waals surface area contributed by atoms with Crippen LogP contribution in [0, 0.1) is 0 Å². The lowest BCUT2D eigenvalue weighted by Gasteiger charge is -2.12. The minimum Gasteiger partial charge on any atom is -0.286 e. The number of carbonyl (C=O) groups excluding carboxylic acids is 1. The molecule has 0 fully saturated rings. The number of nitrogens with zero attached hydrogens (tertiary/aromatic N) is 1. The van der Waals surface area contributed by atoms with Gasteiger partial charge in [-0.1, -0.05) is 13.0 Å². The molecule has 0 aliphatic heterocycles. The molecule has 0 bridgehead atoms. The molecule has 3 heteroatoms. The van der Waals surface area contributed by atoms with Crippen LogP contribution in [0.15, 0.2) is 11.6 Å². The van der Waals surface area contributed by atoms with Crippen LogP contribution in [0.3, 0.4) is 0 Å². The molecule has 0 aliphatic rings. The fraction of sp³-hybridized carbons (Fsp3) is 0.625. The fourth-order valence-electron chi connectivity index (χ4n) is 0.771. The molecule has 0 unspecified atom stereocenters. The molecule has 0 heterocycles. The lowest BCUT2D eigenvalue weighted by atomic mass is 10.2. The highest BCUT2D eigenvalue weighted by Gasteiger charge is 2.05. The van der Waals surface area contributed by atoms with Gasteiger partial charge in [0.2, 0.25) is 0 Å². The first-order valence-electron chi connectivity index (χ1n) is 3.75. The summed E-state index contributed by atoms with van der Waals surface area (Å²) in [6.07, 6.45) is 2.61. The Kier molecular flexibility index (Phi) is 4.54. The molecule has 1 amide bonds. The van der Waals surface area contributed by atoms with Crippen LogP contribution in [-0.2, 0) is 4.79 Å². The number of hydrogen-bond acceptors (Lipinski definition) is 2. The Bertz CT molecular complexity index is 161. The highest BCUT2D eigenvalue weighted by atomic mass is 16.2. The summed E-state index contributed by atoms with van der Waals surface area (Å²) in [4.78, 5) is 11.2. The van der Waals surface area contributed by atoms with E-state index in [2.05, 4.69) is 5.43 Å². The van der Waals surface area contributed by atoms with Gasteiger partial charge in [0, 0.05) is 19.7 Å². The quantitative estimate of drug-likeness (QED) is 0.487. The summed E-state index contributed by atoms with van der Waals surface area (Å²) in [6.45, 7) is 3.83. The molecule has 64 valence electrons. The zero-order valence-electron chi connectivity index (χ0n) is 7.64. The molecule has 0 aromatic carbocycles. The average molecular weight is 156 g/mol. The van der Waals surface area contributed by atoms with E-state index in [-0.39, 0.29) is 5.91 Å². The van der Waals surface area contributed by atoms with Gasteiger partial charge in [-0.2, -0.15) is 0 Å². The summed E-state index contributed by atoms with van der Waals surface area (Å²) in [7, 11) is 3.58. The minimum absolute atomic E-state index is 0.0139. The van der Waals surface area contributed by atoms with E-state index in [1.165, 1.54) is 0 Å². The summed E-state index contributed by atoms with van der Waals surface area (Å²) in [5.41, 5.74) is 3.49. The number of nitrogens with one attached hydrogen (secondary N) is 1. The Morgan fingerprint density at radius 3 is 2.36 bits per heavy atom. The first kappa shape index (κ1) is 10.2. The zero-order chi connectivity index (χ0) is 8.85. The molecular formula is C8H16N2O. The first-order valence-corrected chi connectivity index (χ1v) is 3.75. The molecule has 1 N–H and O–H groups in total. The van der Waals surface area contributed by atoms with Gasteiger partial charge < -0.3 is 0 Å². The number of hydrogen-bond donors (Lipinski definition) is 1. The van der Waals surface area contributed by atoms with Crippen LogP contribution in [0.4, 0.5) is 0 Å². The molecule has 0 atom stereocenters. The van der Waals surface area contributed by atoms with Crippen molar-refractivity contribution in [3.8, 4) is 0 Å². The van der Waals surface area contributed by atoms with Crippen molar-refractivity contribution in [2.24, 2.45) is 0 Å². The fourth-order valence-corrected chi connectivity index (χ4v) is 0.771. The Labute approximate surface area is 68.0 Å². The Morgan fingerprint density at radius 2 is 2.09 bits per heavy atom. The molecule has 0 aliphatic carbocycles. The van der Waals surface area contributed by atoms with Gasteiger partial charge in [-0.3, -0.25) is 10.2 Å². The lowest BCUT2D eigenvalue weighted by molar-refractivity contribution is -0.121. The van der Waals surface area contributed by atoms with Gasteiger partial charge in [0.1, 0.15) is 0 Å². The predicted molar refractivity (Wildman–Crippen MR) is 45.9 cm³/mol. The molecule has 0 saturated carbocycles. The summed E-state index contributed by atoms with van der Waals surface area (Å²) >= 11 is 0. The second-order valence-electron chi connectivity index (χ2n) is 2.50. The summed E-state index contributed by atoms with van der Waals surface area (Å²) in [6, 6.07) is 0. The Hall–Kier alpha value is -0.830. The third-order valence-corrected chi connectivity index (χ3v) is 1.35. The van der Waals surface area contributed by atoms with E-state index in [0.717, 1.165) is 12.0 Å². The molecule has 0 saturated heterocycles. The standard InChI is InChI=1S/C8H16N2O/c1-5-7(6-2)8(11)9-10(3)4/h5H,6H2,1-4H3,(H,9,11)/b7-5+. The molecule has 0 spiro atoms. The van der Waals surface area contributed by atoms with Crippen molar-refractivity contribution in [2.75, 3.05) is 14.1 Å². The molecule has 0 aromatic rings. The third kappa shape index (κ3) is 3.78. The molecule has 0 rings (SSSR count). The van der Waals surface area contributed by atoms with Crippen LogP contribution in [0.25, 0.3) is 0 Å². The zero-order valence-corrected chi connectivity index (χ0v) is 7.64. The van der Waals surface area contributed by atoms with Crippen LogP contribution < -0.4 is 5.43 Å². The van der Waals surface area contributed by atoms with E-state index < -0.39 is 0 Å². The van der Waals surface area contributed by atoms with Crippen LogP contribution in [0.2, 0.25) is 0 Å². The smallest absolute Gasteiger partial charge is 0.261 e. The monoisotopic (exact) mass is 156 g/mol. The number of hydrazine groups is 1. The lowest BCUT2D eigenvalue weighted by Crippen LogP contribution is -2.36. The van der Waals surface area contributed by atoms with Crippen molar-refractivity contribution in [3.63, 3.8) is 0 Å². The number of rotatable bonds is 3. The van der Waals surface area contributed by atoms with Crippen molar-refractivity contribution >= 4 is 5.91 Å². The molecule has 0 radical (unpaired) electrons. The van der Waals surface area contributed by atoms with Gasteiger partial charge in [0.15, 0.2) is 0 Å². The third-order valence-electron chi connectivity index (χ3n) is 1.35. The maximum absolute atomic E-state index is 11.2. The maximum atomic E-state index is 11.2. The van der Waals surface area contributed by atoms with E-state index >= 15 is 0 Å². The second-order valence-corrected chi connectivity index (χ2v) is 2.50. The van der Waals surface area contributed by atoms with Gasteiger partial charge >= 0.3 is 0 Å². The number of allylic oxidation sites excluding steroid dienone is 1. The molecular weight excluding hydrogens is 140 g/mol. The van der Waals surface area contributed by atoms with Crippen LogP contribution in [0.1, 0.15) is 20.3 Å². The van der Waals surface area contributed by atoms with E-state index in [0.29, 0.717) is 0 Å². The summed E-state index contributed by atoms with van der Waals surface area (Å²) in [5, 5.41) is 1.64. The van der Waals surface area contributed by atoms with Crippen molar-refractivity contribution in [2.45, 2.75) is 20.3 Å². The normalized spacial score (nSPS) is 11.9. The molecule has 0 aromatic heterocycles. The van der Waals surface area contributed by atoms with Crippen molar-refractivity contribution in [1.82, 2.24) is 10.4 Å². The molecule has 3 nitrogen and oxygen atoms in total. The van der Waals surface area contributed by atoms with E-state index in [9.17, 15) is 4.79 Å². The van der Waals surface area contributed by atoms with Gasteiger partial charge in [-0.25, -0.2) is 5.01 Å². The highest BCUT2D eigenvalue weighted by Crippen LogP contribution is 1.98. The maximum Gasteiger partial charge on any atom is 0.261 e. The minimum atomic E-state index is -0.0139. The van der Waals surface area contributed by atoms with E-state index in [1.54, 1.807) is 19.1 Å². The van der Waals surface area contributed by atoms with Gasteiger partial charge in [-0.05, 0) is 13.3 Å². The Balaban J connectivity index is 4.02. The van der Waals surface area contributed by atoms with Gasteiger partial charge in [0.25, 0.3) is 5.91 Å². The van der Waals surface area contributed by atoms with Crippen molar-refractivity contribution in [1.29, 1.82) is 0 Å². The first-order chi connectivity index (χ1) is 5.11. The van der Waals surface area contributed by atoms with E-state index in [4.69, 9.17) is 0 Å². The largest absolute Gasteiger partial charge is 0.286 e. The molecule has 11 heavy (non-hydrogen) atoms. The van der Waals surface area contributed by atoms with Crippen molar-refractivity contribution in [3.05, 3.63) is 11.6 Å². The summed E-state index contributed by atoms with van der Waals surface area (Å²) in [5.74, 6) is -0.0139. The Morgan fingerprint density at radius 1 is 1.55 bits per heavy atom. The topological polar surface area (TPSA) is 32.3 Å². The SMILES string of the molecule is C/C=C(\CC)C(=O)NN(C)C. The highest BCUT2D eigenvalue weighted by molar-refractivity contribution is 5.92. The van der Waals surface area contributed by atoms with Gasteiger partial charge in [-0.15, -0.1) is 0 Å².